The topological polar surface area (TPSA) is 109 Å². The molecule has 2 aliphatic rings. The molecule has 7 nitrogen and oxygen atoms in total. The Morgan fingerprint density at radius 2 is 1.73 bits per heavy atom. The van der Waals surface area contributed by atoms with Crippen molar-refractivity contribution in [2.45, 2.75) is 57.6 Å². The number of hydrogen-bond acceptors (Lipinski definition) is 6. The van der Waals surface area contributed by atoms with Crippen LogP contribution in [0.2, 0.25) is 0 Å². The third kappa shape index (κ3) is 6.78. The van der Waals surface area contributed by atoms with E-state index in [9.17, 15) is 9.90 Å². The molecule has 40 heavy (non-hydrogen) atoms. The van der Waals surface area contributed by atoms with Crippen molar-refractivity contribution in [2.24, 2.45) is 5.73 Å². The first-order valence-electron chi connectivity index (χ1n) is 14.3. The second-order valence-corrected chi connectivity index (χ2v) is 10.8. The average molecular weight is 542 g/mol. The highest BCUT2D eigenvalue weighted by molar-refractivity contribution is 5.84. The molecule has 210 valence electrons. The number of hydrogen-bond donors (Lipinski definition) is 3. The van der Waals surface area contributed by atoms with Crippen molar-refractivity contribution in [3.05, 3.63) is 99.9 Å². The predicted molar refractivity (Wildman–Crippen MR) is 156 cm³/mol. The average Bonchev–Trinajstić information content (AvgIpc) is 3.14. The van der Waals surface area contributed by atoms with Crippen LogP contribution in [-0.4, -0.2) is 58.3 Å². The van der Waals surface area contributed by atoms with Crippen molar-refractivity contribution in [3.63, 3.8) is 0 Å². The molecule has 1 aliphatic heterocycles. The fourth-order valence-corrected chi connectivity index (χ4v) is 5.80. The highest BCUT2D eigenvalue weighted by Crippen LogP contribution is 2.38. The highest BCUT2D eigenvalue weighted by atomic mass is 16.5. The van der Waals surface area contributed by atoms with Gasteiger partial charge in [-0.15, -0.1) is 0 Å². The smallest absolute Gasteiger partial charge is 0.320 e. The molecule has 0 radical (unpaired) electrons. The molecule has 0 saturated carbocycles. The summed E-state index contributed by atoms with van der Waals surface area (Å²) in [5.74, 6) is -0.193. The Labute approximate surface area is 236 Å². The summed E-state index contributed by atoms with van der Waals surface area (Å²) in [6.07, 6.45) is 8.30. The van der Waals surface area contributed by atoms with E-state index in [-0.39, 0.29) is 6.61 Å². The molecular weight excluding hydrogens is 502 g/mol. The summed E-state index contributed by atoms with van der Waals surface area (Å²) < 4.78 is 5.90. The first-order chi connectivity index (χ1) is 19.5. The maximum Gasteiger partial charge on any atom is 0.320 e. The Bertz CT molecular complexity index is 1340. The molecule has 4 N–H and O–H groups in total. The highest BCUT2D eigenvalue weighted by Gasteiger charge is 2.25. The van der Waals surface area contributed by atoms with Crippen LogP contribution in [0.1, 0.15) is 59.2 Å². The zero-order valence-corrected chi connectivity index (χ0v) is 23.0. The van der Waals surface area contributed by atoms with E-state index in [1.807, 2.05) is 42.6 Å². The maximum atomic E-state index is 10.9. The minimum atomic E-state index is -0.989. The lowest BCUT2D eigenvalue weighted by atomic mass is 9.88. The largest absolute Gasteiger partial charge is 0.494 e. The zero-order valence-electron chi connectivity index (χ0n) is 23.0. The molecule has 0 spiro atoms. The number of aromatic nitrogens is 1. The minimum Gasteiger partial charge on any atom is -0.494 e. The van der Waals surface area contributed by atoms with Crippen molar-refractivity contribution in [1.29, 1.82) is 0 Å². The molecule has 2 aromatic carbocycles. The van der Waals surface area contributed by atoms with Gasteiger partial charge >= 0.3 is 5.97 Å². The number of aryl methyl sites for hydroxylation is 2. The van der Waals surface area contributed by atoms with Gasteiger partial charge in [-0.25, -0.2) is 0 Å². The van der Waals surface area contributed by atoms with E-state index >= 15 is 0 Å². The number of aliphatic hydroxyl groups is 1. The van der Waals surface area contributed by atoms with Crippen molar-refractivity contribution in [3.8, 4) is 5.75 Å². The number of pyridine rings is 1. The van der Waals surface area contributed by atoms with E-state index in [0.717, 1.165) is 80.7 Å². The first-order valence-corrected chi connectivity index (χ1v) is 14.3. The second-order valence-electron chi connectivity index (χ2n) is 10.8. The van der Waals surface area contributed by atoms with Gasteiger partial charge in [0, 0.05) is 24.9 Å². The monoisotopic (exact) mass is 541 g/mol. The number of likely N-dealkylation sites (tertiary alicyclic amines) is 1. The van der Waals surface area contributed by atoms with Gasteiger partial charge in [0.05, 0.1) is 18.9 Å². The summed E-state index contributed by atoms with van der Waals surface area (Å²) in [7, 11) is 0. The number of piperidine rings is 1. The van der Waals surface area contributed by atoms with Crippen molar-refractivity contribution in [1.82, 2.24) is 9.88 Å². The zero-order chi connectivity index (χ0) is 27.9. The van der Waals surface area contributed by atoms with E-state index in [1.54, 1.807) is 0 Å². The van der Waals surface area contributed by atoms with Crippen LogP contribution in [0.25, 0.3) is 5.57 Å². The fourth-order valence-electron chi connectivity index (χ4n) is 5.80. The minimum absolute atomic E-state index is 0.0699. The van der Waals surface area contributed by atoms with Gasteiger partial charge in [-0.2, -0.15) is 0 Å². The number of carboxylic acids is 1. The van der Waals surface area contributed by atoms with Gasteiger partial charge in [0.15, 0.2) is 0 Å². The number of benzene rings is 2. The Hall–Kier alpha value is -3.52. The van der Waals surface area contributed by atoms with Gasteiger partial charge in [0.2, 0.25) is 0 Å². The normalized spacial score (nSPS) is 16.1. The molecule has 1 aliphatic carbocycles. The Kier molecular flexibility index (Phi) is 9.26. The molecule has 1 fully saturated rings. The SMILES string of the molecule is N[C@@H](Cc1ccc(OCCCCN2CCC(=C3c4ccc(CO)cc4CCc4cccnc43)CC2)cc1)C(=O)O. The number of nitrogens with two attached hydrogens (primary N) is 1. The third-order valence-corrected chi connectivity index (χ3v) is 8.06. The van der Waals surface area contributed by atoms with Gasteiger partial charge in [-0.3, -0.25) is 9.78 Å². The van der Waals surface area contributed by atoms with Gasteiger partial charge in [0.25, 0.3) is 0 Å². The number of carbonyl (C=O) groups is 1. The molecule has 1 atom stereocenters. The van der Waals surface area contributed by atoms with Crippen LogP contribution < -0.4 is 10.5 Å². The summed E-state index contributed by atoms with van der Waals surface area (Å²) >= 11 is 0. The van der Waals surface area contributed by atoms with Crippen LogP contribution in [-0.2, 0) is 30.7 Å². The Morgan fingerprint density at radius 1 is 0.975 bits per heavy atom. The van der Waals surface area contributed by atoms with E-state index in [2.05, 4.69) is 23.1 Å². The van der Waals surface area contributed by atoms with Gasteiger partial charge in [0.1, 0.15) is 11.8 Å². The lowest BCUT2D eigenvalue weighted by Gasteiger charge is -2.30. The number of nitrogens with zero attached hydrogens (tertiary/aromatic N) is 2. The van der Waals surface area contributed by atoms with Gasteiger partial charge in [-0.05, 0) is 97.5 Å². The summed E-state index contributed by atoms with van der Waals surface area (Å²) in [6.45, 7) is 3.88. The molecule has 0 amide bonds. The quantitative estimate of drug-likeness (QED) is 0.327. The second kappa shape index (κ2) is 13.2. The first kappa shape index (κ1) is 28.0. The maximum absolute atomic E-state index is 10.9. The van der Waals surface area contributed by atoms with Crippen molar-refractivity contribution in [2.75, 3.05) is 26.2 Å². The van der Waals surface area contributed by atoms with E-state index < -0.39 is 12.0 Å². The van der Waals surface area contributed by atoms with Crippen LogP contribution in [0, 0.1) is 0 Å². The summed E-state index contributed by atoms with van der Waals surface area (Å²) in [4.78, 5) is 18.3. The molecule has 7 heteroatoms. The Morgan fingerprint density at radius 3 is 2.48 bits per heavy atom. The Balaban J connectivity index is 1.14. The molecule has 2 heterocycles. The predicted octanol–water partition coefficient (Wildman–Crippen LogP) is 4.38. The molecule has 1 aromatic heterocycles. The lowest BCUT2D eigenvalue weighted by molar-refractivity contribution is -0.138. The summed E-state index contributed by atoms with van der Waals surface area (Å²) in [6, 6.07) is 17.3. The number of unbranched alkanes of at least 4 members (excludes halogenated alkanes) is 1. The van der Waals surface area contributed by atoms with Gasteiger partial charge < -0.3 is 25.6 Å². The van der Waals surface area contributed by atoms with Gasteiger partial charge in [-0.1, -0.05) is 42.0 Å². The molecule has 1 saturated heterocycles. The van der Waals surface area contributed by atoms with E-state index in [4.69, 9.17) is 20.6 Å². The van der Waals surface area contributed by atoms with Crippen LogP contribution >= 0.6 is 0 Å². The van der Waals surface area contributed by atoms with E-state index in [0.29, 0.717) is 13.0 Å². The third-order valence-electron chi connectivity index (χ3n) is 8.06. The molecular formula is C33H39N3O4. The van der Waals surface area contributed by atoms with E-state index in [1.165, 1.54) is 27.8 Å². The summed E-state index contributed by atoms with van der Waals surface area (Å²) in [5, 5.41) is 18.6. The van der Waals surface area contributed by atoms with Crippen molar-refractivity contribution < 1.29 is 19.7 Å². The fraction of sp³-hybridized carbons (Fsp3) is 0.394. The molecule has 5 rings (SSSR count). The lowest BCUT2D eigenvalue weighted by Crippen LogP contribution is -2.32. The van der Waals surface area contributed by atoms with Crippen LogP contribution in [0.5, 0.6) is 5.75 Å². The number of aliphatic hydroxyl groups excluding tert-OH is 1. The van der Waals surface area contributed by atoms with Crippen LogP contribution in [0.3, 0.4) is 0 Å². The molecule has 0 bridgehead atoms. The van der Waals surface area contributed by atoms with Crippen LogP contribution in [0.4, 0.5) is 0 Å². The standard InChI is InChI=1S/C33H39N3O4/c34-30(33(38)39)21-23-5-10-28(11-6-23)40-19-2-1-16-36-17-13-25(14-18-36)31-29-12-7-24(22-37)20-27(29)9-8-26-4-3-15-35-32(26)31/h3-7,10-12,15,20,30,37H,1-2,8-9,13-14,16-19,21-22,34H2,(H,38,39)/t30-/m0/s1. The van der Waals surface area contributed by atoms with Crippen LogP contribution in [0.15, 0.2) is 66.4 Å². The number of fused-ring (bicyclic) bond motifs is 2. The molecule has 0 unspecified atom stereocenters. The number of rotatable bonds is 10. The summed E-state index contributed by atoms with van der Waals surface area (Å²) in [5.41, 5.74) is 15.3. The number of ether oxygens (including phenoxy) is 1. The number of carboxylic acid groups (broad SMARTS) is 1. The van der Waals surface area contributed by atoms with Crippen molar-refractivity contribution >= 4 is 11.5 Å². The number of aliphatic carboxylic acids is 1. The molecule has 3 aromatic rings.